The number of carbonyl (C=O) groups excluding carboxylic acids is 1. The molecule has 180 valence electrons. The Bertz CT molecular complexity index is 1580. The SMILES string of the molecule is CCn1c(N)c(-c2ncc[nH]2)c(=O)c2ccc(-c3ccc(CC(=O)NCc4ccncc4)nc3)nc21. The first-order valence-corrected chi connectivity index (χ1v) is 11.5. The molecule has 0 atom stereocenters. The number of pyridine rings is 4. The lowest BCUT2D eigenvalue weighted by Crippen LogP contribution is -2.24. The molecule has 5 rings (SSSR count). The van der Waals surface area contributed by atoms with Crippen LogP contribution in [0, 0.1) is 0 Å². The zero-order valence-electron chi connectivity index (χ0n) is 19.6. The third-order valence-electron chi connectivity index (χ3n) is 5.90. The first-order valence-electron chi connectivity index (χ1n) is 11.5. The Balaban J connectivity index is 1.39. The summed E-state index contributed by atoms with van der Waals surface area (Å²) in [6.45, 7) is 2.90. The van der Waals surface area contributed by atoms with Crippen molar-refractivity contribution in [3.05, 3.63) is 88.9 Å². The van der Waals surface area contributed by atoms with Crippen molar-refractivity contribution in [2.45, 2.75) is 26.4 Å². The molecular formula is C26H24N8O2. The highest BCUT2D eigenvalue weighted by atomic mass is 16.1. The van der Waals surface area contributed by atoms with Crippen LogP contribution in [0.2, 0.25) is 0 Å². The number of nitrogens with two attached hydrogens (primary N) is 1. The topological polar surface area (TPSA) is 144 Å². The molecule has 0 bridgehead atoms. The summed E-state index contributed by atoms with van der Waals surface area (Å²) in [6, 6.07) is 10.9. The molecule has 5 aromatic rings. The molecule has 4 N–H and O–H groups in total. The molecule has 0 spiro atoms. The van der Waals surface area contributed by atoms with Crippen LogP contribution in [0.3, 0.4) is 0 Å². The normalized spacial score (nSPS) is 11.0. The minimum atomic E-state index is -0.229. The molecule has 0 aliphatic rings. The van der Waals surface area contributed by atoms with Crippen molar-refractivity contribution in [1.29, 1.82) is 0 Å². The van der Waals surface area contributed by atoms with Crippen LogP contribution in [0.15, 0.2) is 72.2 Å². The lowest BCUT2D eigenvalue weighted by Gasteiger charge is -2.15. The second kappa shape index (κ2) is 9.79. The Kier molecular flexibility index (Phi) is 6.23. The maximum absolute atomic E-state index is 13.2. The lowest BCUT2D eigenvalue weighted by atomic mass is 10.1. The number of aromatic amines is 1. The molecule has 5 heterocycles. The van der Waals surface area contributed by atoms with Crippen molar-refractivity contribution in [1.82, 2.24) is 34.8 Å². The predicted molar refractivity (Wildman–Crippen MR) is 137 cm³/mol. The zero-order valence-corrected chi connectivity index (χ0v) is 19.6. The molecule has 0 aliphatic carbocycles. The van der Waals surface area contributed by atoms with Gasteiger partial charge in [0.25, 0.3) is 0 Å². The average molecular weight is 481 g/mol. The van der Waals surface area contributed by atoms with E-state index < -0.39 is 0 Å². The fourth-order valence-corrected chi connectivity index (χ4v) is 4.05. The van der Waals surface area contributed by atoms with Gasteiger partial charge in [-0.05, 0) is 48.9 Å². The van der Waals surface area contributed by atoms with Crippen molar-refractivity contribution in [3.8, 4) is 22.6 Å². The predicted octanol–water partition coefficient (Wildman–Crippen LogP) is 2.70. The summed E-state index contributed by atoms with van der Waals surface area (Å²) in [6.07, 6.45) is 8.45. The number of aromatic nitrogens is 6. The molecular weight excluding hydrogens is 456 g/mol. The van der Waals surface area contributed by atoms with Crippen LogP contribution in [-0.4, -0.2) is 35.4 Å². The second-order valence-corrected chi connectivity index (χ2v) is 8.19. The molecule has 10 heteroatoms. The number of hydrogen-bond donors (Lipinski definition) is 3. The number of carbonyl (C=O) groups is 1. The van der Waals surface area contributed by atoms with Gasteiger partial charge in [-0.1, -0.05) is 0 Å². The van der Waals surface area contributed by atoms with Gasteiger partial charge in [-0.3, -0.25) is 19.6 Å². The van der Waals surface area contributed by atoms with Crippen molar-refractivity contribution in [3.63, 3.8) is 0 Å². The van der Waals surface area contributed by atoms with E-state index in [1.165, 1.54) is 0 Å². The first kappa shape index (κ1) is 22.9. The third kappa shape index (κ3) is 4.43. The van der Waals surface area contributed by atoms with Gasteiger partial charge in [0.1, 0.15) is 22.9 Å². The summed E-state index contributed by atoms with van der Waals surface area (Å²) in [5, 5.41) is 3.34. The molecule has 5 aromatic heterocycles. The fourth-order valence-electron chi connectivity index (χ4n) is 4.05. The molecule has 0 saturated carbocycles. The number of hydrogen-bond acceptors (Lipinski definition) is 7. The smallest absolute Gasteiger partial charge is 0.226 e. The summed E-state index contributed by atoms with van der Waals surface area (Å²) < 4.78 is 1.80. The van der Waals surface area contributed by atoms with E-state index in [9.17, 15) is 9.59 Å². The largest absolute Gasteiger partial charge is 0.384 e. The molecule has 0 aromatic carbocycles. The molecule has 0 fully saturated rings. The van der Waals surface area contributed by atoms with E-state index in [1.54, 1.807) is 53.8 Å². The Labute approximate surface area is 206 Å². The quantitative estimate of drug-likeness (QED) is 0.325. The van der Waals surface area contributed by atoms with E-state index >= 15 is 0 Å². The average Bonchev–Trinajstić information content (AvgIpc) is 3.43. The van der Waals surface area contributed by atoms with Crippen molar-refractivity contribution in [2.24, 2.45) is 0 Å². The van der Waals surface area contributed by atoms with Gasteiger partial charge in [0.2, 0.25) is 11.3 Å². The van der Waals surface area contributed by atoms with Gasteiger partial charge >= 0.3 is 0 Å². The Morgan fingerprint density at radius 2 is 1.92 bits per heavy atom. The minimum Gasteiger partial charge on any atom is -0.384 e. The molecule has 36 heavy (non-hydrogen) atoms. The summed E-state index contributed by atoms with van der Waals surface area (Å²) in [4.78, 5) is 45.8. The highest BCUT2D eigenvalue weighted by molar-refractivity contribution is 5.87. The summed E-state index contributed by atoms with van der Waals surface area (Å²) in [7, 11) is 0. The van der Waals surface area contributed by atoms with E-state index in [1.807, 2.05) is 25.1 Å². The van der Waals surface area contributed by atoms with Crippen LogP contribution in [0.1, 0.15) is 18.2 Å². The highest BCUT2D eigenvalue weighted by Crippen LogP contribution is 2.26. The van der Waals surface area contributed by atoms with Gasteiger partial charge in [-0.25, -0.2) is 9.97 Å². The van der Waals surface area contributed by atoms with Crippen LogP contribution in [0.5, 0.6) is 0 Å². The van der Waals surface area contributed by atoms with Gasteiger partial charge < -0.3 is 20.6 Å². The summed E-state index contributed by atoms with van der Waals surface area (Å²) >= 11 is 0. The van der Waals surface area contributed by atoms with E-state index in [2.05, 4.69) is 25.3 Å². The minimum absolute atomic E-state index is 0.120. The number of anilines is 1. The van der Waals surface area contributed by atoms with Gasteiger partial charge in [0.15, 0.2) is 0 Å². The van der Waals surface area contributed by atoms with Gasteiger partial charge in [-0.15, -0.1) is 0 Å². The number of nitrogen functional groups attached to an aromatic ring is 1. The van der Waals surface area contributed by atoms with Crippen molar-refractivity contribution >= 4 is 22.8 Å². The molecule has 10 nitrogen and oxygen atoms in total. The van der Waals surface area contributed by atoms with E-state index in [4.69, 9.17) is 10.7 Å². The molecule has 1 amide bonds. The van der Waals surface area contributed by atoms with Crippen LogP contribution in [-0.2, 0) is 24.3 Å². The number of rotatable bonds is 7. The lowest BCUT2D eigenvalue weighted by molar-refractivity contribution is -0.120. The molecule has 0 unspecified atom stereocenters. The third-order valence-corrected chi connectivity index (χ3v) is 5.90. The van der Waals surface area contributed by atoms with Gasteiger partial charge in [-0.2, -0.15) is 0 Å². The van der Waals surface area contributed by atoms with Crippen molar-refractivity contribution < 1.29 is 4.79 Å². The number of fused-ring (bicyclic) bond motifs is 1. The maximum atomic E-state index is 13.2. The Morgan fingerprint density at radius 3 is 2.61 bits per heavy atom. The van der Waals surface area contributed by atoms with E-state index in [-0.39, 0.29) is 17.8 Å². The standard InChI is InChI=1S/C26H24N8O2/c1-2-34-24(27)22(25-29-11-12-30-25)23(36)19-5-6-20(33-26(19)34)17-3-4-18(31-15-17)13-21(35)32-14-16-7-9-28-10-8-16/h3-12,15H,2,13-14,27H2,1H3,(H,29,30)(H,32,35). The number of imidazole rings is 1. The maximum Gasteiger partial charge on any atom is 0.226 e. The Morgan fingerprint density at radius 1 is 1.08 bits per heavy atom. The molecule has 0 aliphatic heterocycles. The second-order valence-electron chi connectivity index (χ2n) is 8.19. The van der Waals surface area contributed by atoms with Crippen LogP contribution in [0.25, 0.3) is 33.7 Å². The number of H-pyrrole nitrogens is 1. The summed E-state index contributed by atoms with van der Waals surface area (Å²) in [5.74, 6) is 0.613. The van der Waals surface area contributed by atoms with Gasteiger partial charge in [0.05, 0.1) is 17.5 Å². The number of amides is 1. The number of nitrogens with one attached hydrogen (secondary N) is 2. The summed E-state index contributed by atoms with van der Waals surface area (Å²) in [5.41, 5.74) is 10.0. The van der Waals surface area contributed by atoms with Crippen LogP contribution in [0.4, 0.5) is 5.82 Å². The zero-order chi connectivity index (χ0) is 25.1. The highest BCUT2D eigenvalue weighted by Gasteiger charge is 2.19. The van der Waals surface area contributed by atoms with Gasteiger partial charge in [0, 0.05) is 55.3 Å². The Hall–Kier alpha value is -4.86. The van der Waals surface area contributed by atoms with Crippen LogP contribution >= 0.6 is 0 Å². The molecule has 0 radical (unpaired) electrons. The van der Waals surface area contributed by atoms with E-state index in [0.717, 1.165) is 11.1 Å². The number of nitrogens with zero attached hydrogens (tertiary/aromatic N) is 5. The van der Waals surface area contributed by atoms with Crippen LogP contribution < -0.4 is 16.5 Å². The molecule has 0 saturated heterocycles. The monoisotopic (exact) mass is 480 g/mol. The fraction of sp³-hybridized carbons (Fsp3) is 0.154. The number of aryl methyl sites for hydroxylation is 1. The first-order chi connectivity index (χ1) is 17.5. The van der Waals surface area contributed by atoms with E-state index in [0.29, 0.717) is 52.7 Å². The van der Waals surface area contributed by atoms with Crippen molar-refractivity contribution in [2.75, 3.05) is 5.73 Å².